The minimum absolute atomic E-state index is 0. The van der Waals surface area contributed by atoms with Crippen LogP contribution in [-0.4, -0.2) is 91.0 Å². The standard InChI is InChI=1S/C12H18O7.C10H13BrO6.CH4.I2/c1-7(13)17-6-11-12(19-9(3)15)10(4-5-16-11)18-8(2)14;1-5(12)15-4-9-8(16-6(2)13)3-7(11)10(14)17-9;;1-2/h10-12H,4-6H2,1-3H3;7-9H,3-4H2,1-2H3;1H4;/t10-,11?,12-;7?,8-,9?;;/m11../s1. The van der Waals surface area contributed by atoms with Crippen molar-refractivity contribution in [2.45, 2.75) is 90.2 Å². The Kier molecular flexibility index (Phi) is 21.9. The van der Waals surface area contributed by atoms with Gasteiger partial charge in [0.2, 0.25) is 0 Å². The van der Waals surface area contributed by atoms with Gasteiger partial charge in [-0.25, -0.2) is 0 Å². The van der Waals surface area contributed by atoms with E-state index in [2.05, 4.69) is 53.2 Å². The number of esters is 6. The SMILES string of the molecule is C.CC(=O)OCC1OC(=O)C(Br)C[C@H]1OC(C)=O.CC(=O)OCC1OCC[C@@H](OC(C)=O)[C@H]1OC(C)=O.II. The lowest BCUT2D eigenvalue weighted by molar-refractivity contribution is -0.200. The molecule has 39 heavy (non-hydrogen) atoms. The lowest BCUT2D eigenvalue weighted by Crippen LogP contribution is -2.50. The number of rotatable bonds is 7. The number of cyclic esters (lactones) is 1. The molecule has 0 aromatic rings. The summed E-state index contributed by atoms with van der Waals surface area (Å²) in [4.78, 5) is 65.3. The molecule has 2 aliphatic rings. The average Bonchev–Trinajstić information content (AvgIpc) is 2.81. The highest BCUT2D eigenvalue weighted by Gasteiger charge is 2.40. The van der Waals surface area contributed by atoms with Crippen LogP contribution in [0.2, 0.25) is 0 Å². The topological polar surface area (TPSA) is 167 Å². The van der Waals surface area contributed by atoms with Gasteiger partial charge in [-0.1, -0.05) is 23.4 Å². The molecule has 0 amide bonds. The van der Waals surface area contributed by atoms with Crippen LogP contribution in [0.5, 0.6) is 0 Å². The van der Waals surface area contributed by atoms with Gasteiger partial charge in [0.05, 0.1) is 6.61 Å². The Balaban J connectivity index is 0. The molecule has 16 heteroatoms. The van der Waals surface area contributed by atoms with Gasteiger partial charge >= 0.3 is 35.8 Å². The largest absolute Gasteiger partial charge is 0.463 e. The van der Waals surface area contributed by atoms with Crippen LogP contribution in [-0.2, 0) is 61.9 Å². The monoisotopic (exact) mass is 852 g/mol. The molecule has 3 unspecified atom stereocenters. The molecule has 0 radical (unpaired) electrons. The van der Waals surface area contributed by atoms with Gasteiger partial charge in [-0.15, -0.1) is 0 Å². The molecular formula is C23H35BrI2O13. The molecule has 0 bridgehead atoms. The number of carbonyl (C=O) groups is 6. The van der Waals surface area contributed by atoms with Crippen molar-refractivity contribution in [1.29, 1.82) is 0 Å². The zero-order valence-corrected chi connectivity index (χ0v) is 27.3. The van der Waals surface area contributed by atoms with E-state index in [1.165, 1.54) is 34.6 Å². The predicted octanol–water partition coefficient (Wildman–Crippen LogP) is 3.17. The number of hydrogen-bond donors (Lipinski definition) is 0. The van der Waals surface area contributed by atoms with E-state index in [0.717, 1.165) is 0 Å². The third-order valence-electron chi connectivity index (χ3n) is 4.68. The Bertz CT molecular complexity index is 826. The molecule has 2 fully saturated rings. The van der Waals surface area contributed by atoms with Crippen molar-refractivity contribution in [2.24, 2.45) is 0 Å². The van der Waals surface area contributed by atoms with Crippen LogP contribution in [0.1, 0.15) is 54.9 Å². The van der Waals surface area contributed by atoms with E-state index < -0.39 is 71.2 Å². The van der Waals surface area contributed by atoms with Crippen molar-refractivity contribution < 1.29 is 61.9 Å². The van der Waals surface area contributed by atoms with E-state index >= 15 is 0 Å². The summed E-state index contributed by atoms with van der Waals surface area (Å²) in [5.41, 5.74) is 0. The first-order valence-electron chi connectivity index (χ1n) is 11.2. The first kappa shape index (κ1) is 39.9. The van der Waals surface area contributed by atoms with E-state index in [1.54, 1.807) is 0 Å². The van der Waals surface area contributed by atoms with Crippen LogP contribution >= 0.6 is 53.2 Å². The summed E-state index contributed by atoms with van der Waals surface area (Å²) in [5.74, 6) is -2.84. The van der Waals surface area contributed by atoms with Crippen LogP contribution < -0.4 is 0 Å². The highest BCUT2D eigenvalue weighted by molar-refractivity contribution is 15.0. The van der Waals surface area contributed by atoms with Crippen molar-refractivity contribution in [2.75, 3.05) is 19.8 Å². The van der Waals surface area contributed by atoms with Gasteiger partial charge < -0.3 is 33.2 Å². The maximum absolute atomic E-state index is 11.3. The maximum atomic E-state index is 11.3. The van der Waals surface area contributed by atoms with Crippen molar-refractivity contribution in [3.05, 3.63) is 0 Å². The van der Waals surface area contributed by atoms with Gasteiger partial charge in [0.25, 0.3) is 0 Å². The zero-order chi connectivity index (χ0) is 29.4. The normalized spacial score (nSPS) is 25.3. The van der Waals surface area contributed by atoms with E-state index in [1.807, 2.05) is 0 Å². The van der Waals surface area contributed by atoms with Crippen molar-refractivity contribution in [3.63, 3.8) is 0 Å². The minimum Gasteiger partial charge on any atom is -0.463 e. The first-order chi connectivity index (χ1) is 17.8. The van der Waals surface area contributed by atoms with Crippen LogP contribution in [0.3, 0.4) is 0 Å². The third-order valence-corrected chi connectivity index (χ3v) is 5.43. The molecule has 0 aliphatic carbocycles. The quantitative estimate of drug-likeness (QED) is 0.159. The molecule has 0 aromatic carbocycles. The molecule has 0 aromatic heterocycles. The minimum atomic E-state index is -0.769. The summed E-state index contributed by atoms with van der Waals surface area (Å²) in [6.07, 6.45) is -2.62. The Labute approximate surface area is 259 Å². The molecule has 0 saturated carbocycles. The highest BCUT2D eigenvalue weighted by atomic mass is 128. The van der Waals surface area contributed by atoms with Crippen LogP contribution in [0, 0.1) is 0 Å². The zero-order valence-electron chi connectivity index (χ0n) is 21.4. The lowest BCUT2D eigenvalue weighted by atomic mass is 10.0. The second kappa shape index (κ2) is 21.5. The fourth-order valence-corrected chi connectivity index (χ4v) is 3.76. The summed E-state index contributed by atoms with van der Waals surface area (Å²) < 4.78 is 35.3. The number of ether oxygens (including phenoxy) is 7. The van der Waals surface area contributed by atoms with Crippen LogP contribution in [0.15, 0.2) is 0 Å². The fourth-order valence-electron chi connectivity index (χ4n) is 3.29. The van der Waals surface area contributed by atoms with Crippen LogP contribution in [0.25, 0.3) is 0 Å². The van der Waals surface area contributed by atoms with Crippen LogP contribution in [0.4, 0.5) is 0 Å². The third kappa shape index (κ3) is 17.2. The number of carbonyl (C=O) groups excluding carboxylic acids is 6. The Hall–Kier alpha value is -1.28. The van der Waals surface area contributed by atoms with Gasteiger partial charge in [0, 0.05) is 84.7 Å². The Morgan fingerprint density at radius 3 is 1.72 bits per heavy atom. The predicted molar refractivity (Wildman–Crippen MR) is 156 cm³/mol. The summed E-state index contributed by atoms with van der Waals surface area (Å²) >= 11 is 7.36. The van der Waals surface area contributed by atoms with Crippen molar-refractivity contribution in [1.82, 2.24) is 0 Å². The maximum Gasteiger partial charge on any atom is 0.320 e. The number of hydrogen-bond acceptors (Lipinski definition) is 13. The van der Waals surface area contributed by atoms with Gasteiger partial charge in [-0.2, -0.15) is 0 Å². The first-order valence-corrected chi connectivity index (χ1v) is 18.4. The van der Waals surface area contributed by atoms with E-state index in [9.17, 15) is 28.8 Å². The van der Waals surface area contributed by atoms with E-state index in [0.29, 0.717) is 19.4 Å². The molecule has 2 rings (SSSR count). The molecule has 2 saturated heterocycles. The lowest BCUT2D eigenvalue weighted by Gasteiger charge is -2.36. The Morgan fingerprint density at radius 1 is 0.795 bits per heavy atom. The van der Waals surface area contributed by atoms with Gasteiger partial charge in [0.1, 0.15) is 36.4 Å². The molecule has 2 aliphatic heterocycles. The average molecular weight is 853 g/mol. The molecule has 6 atom stereocenters. The number of halogens is 3. The second-order valence-corrected chi connectivity index (χ2v) is 8.96. The van der Waals surface area contributed by atoms with Gasteiger partial charge in [-0.3, -0.25) is 28.8 Å². The van der Waals surface area contributed by atoms with E-state index in [4.69, 9.17) is 33.2 Å². The summed E-state index contributed by atoms with van der Waals surface area (Å²) in [6, 6.07) is 0. The Morgan fingerprint density at radius 2 is 1.26 bits per heavy atom. The summed E-state index contributed by atoms with van der Waals surface area (Å²) in [7, 11) is 0. The molecule has 13 nitrogen and oxygen atoms in total. The molecule has 226 valence electrons. The highest BCUT2D eigenvalue weighted by Crippen LogP contribution is 2.24. The van der Waals surface area contributed by atoms with Crippen molar-refractivity contribution >= 4 is 89.0 Å². The second-order valence-electron chi connectivity index (χ2n) is 7.85. The summed E-state index contributed by atoms with van der Waals surface area (Å²) in [5, 5.41) is 0. The smallest absolute Gasteiger partial charge is 0.320 e. The molecular weight excluding hydrogens is 818 g/mol. The number of alkyl halides is 1. The fraction of sp³-hybridized carbons (Fsp3) is 0.739. The van der Waals surface area contributed by atoms with Crippen molar-refractivity contribution in [3.8, 4) is 0 Å². The van der Waals surface area contributed by atoms with Gasteiger partial charge in [-0.05, 0) is 0 Å². The molecule has 0 spiro atoms. The molecule has 0 N–H and O–H groups in total. The summed E-state index contributed by atoms with van der Waals surface area (Å²) in [6.45, 7) is 6.49. The molecule has 2 heterocycles. The van der Waals surface area contributed by atoms with E-state index in [-0.39, 0.29) is 20.6 Å². The van der Waals surface area contributed by atoms with Gasteiger partial charge in [0.15, 0.2) is 12.2 Å².